The topological polar surface area (TPSA) is 96.4 Å². The van der Waals surface area contributed by atoms with Crippen LogP contribution < -0.4 is 10.6 Å². The summed E-state index contributed by atoms with van der Waals surface area (Å²) < 4.78 is 5.08. The van der Waals surface area contributed by atoms with Crippen LogP contribution in [0.2, 0.25) is 0 Å². The standard InChI is InChI=1S/C16H26N4O3/c1-3-9-17-16-18-10-13(15(22)23-4-2)14(20-16)19-11-5-7-12(21)8-6-11/h10-12,21H,3-9H2,1-2H3,(H2,17,18,19,20). The van der Waals surface area contributed by atoms with E-state index in [1.54, 1.807) is 6.92 Å². The third-order valence-electron chi connectivity index (χ3n) is 3.85. The maximum atomic E-state index is 12.1. The van der Waals surface area contributed by atoms with E-state index in [1.165, 1.54) is 6.20 Å². The Morgan fingerprint density at radius 2 is 2.09 bits per heavy atom. The second-order valence-corrected chi connectivity index (χ2v) is 5.75. The number of carbonyl (C=O) groups excluding carboxylic acids is 1. The molecule has 7 heteroatoms. The van der Waals surface area contributed by atoms with E-state index in [0.717, 1.165) is 38.6 Å². The molecule has 0 radical (unpaired) electrons. The number of carbonyl (C=O) groups is 1. The predicted octanol–water partition coefficient (Wildman–Crippen LogP) is 2.19. The van der Waals surface area contributed by atoms with Gasteiger partial charge in [-0.1, -0.05) is 6.92 Å². The number of aromatic nitrogens is 2. The normalized spacial score (nSPS) is 20.8. The SMILES string of the molecule is CCCNc1ncc(C(=O)OCC)c(NC2CCC(O)CC2)n1. The molecule has 7 nitrogen and oxygen atoms in total. The van der Waals surface area contributed by atoms with Crippen molar-refractivity contribution in [3.63, 3.8) is 0 Å². The molecule has 1 aromatic heterocycles. The minimum atomic E-state index is -0.423. The maximum absolute atomic E-state index is 12.1. The Labute approximate surface area is 136 Å². The van der Waals surface area contributed by atoms with Gasteiger partial charge in [0.05, 0.1) is 12.7 Å². The molecule has 0 spiro atoms. The first kappa shape index (κ1) is 17.5. The highest BCUT2D eigenvalue weighted by Crippen LogP contribution is 2.24. The Kier molecular flexibility index (Phi) is 6.58. The first-order valence-electron chi connectivity index (χ1n) is 8.36. The van der Waals surface area contributed by atoms with Gasteiger partial charge in [-0.3, -0.25) is 0 Å². The third-order valence-corrected chi connectivity index (χ3v) is 3.85. The summed E-state index contributed by atoms with van der Waals surface area (Å²) in [5.41, 5.74) is 0.347. The molecule has 1 aliphatic carbocycles. The molecule has 0 unspecified atom stereocenters. The molecule has 23 heavy (non-hydrogen) atoms. The molecule has 1 heterocycles. The molecule has 1 aliphatic rings. The molecule has 1 saturated carbocycles. The molecule has 1 aromatic rings. The van der Waals surface area contributed by atoms with Crippen LogP contribution in [0.1, 0.15) is 56.3 Å². The van der Waals surface area contributed by atoms with Crippen LogP contribution in [0.25, 0.3) is 0 Å². The smallest absolute Gasteiger partial charge is 0.343 e. The fourth-order valence-electron chi connectivity index (χ4n) is 2.59. The van der Waals surface area contributed by atoms with Crippen molar-refractivity contribution in [1.82, 2.24) is 9.97 Å². The van der Waals surface area contributed by atoms with Crippen LogP contribution in [0, 0.1) is 0 Å². The Bertz CT molecular complexity index is 516. The van der Waals surface area contributed by atoms with E-state index in [2.05, 4.69) is 27.5 Å². The molecule has 0 bridgehead atoms. The molecular weight excluding hydrogens is 296 g/mol. The number of nitrogens with zero attached hydrogens (tertiary/aromatic N) is 2. The monoisotopic (exact) mass is 322 g/mol. The average Bonchev–Trinajstić information content (AvgIpc) is 2.55. The van der Waals surface area contributed by atoms with E-state index >= 15 is 0 Å². The number of esters is 1. The first-order valence-corrected chi connectivity index (χ1v) is 8.36. The number of hydrogen-bond acceptors (Lipinski definition) is 7. The van der Waals surface area contributed by atoms with Gasteiger partial charge in [-0.2, -0.15) is 4.98 Å². The van der Waals surface area contributed by atoms with Gasteiger partial charge in [-0.15, -0.1) is 0 Å². The number of ether oxygens (including phenoxy) is 1. The number of anilines is 2. The van der Waals surface area contributed by atoms with Crippen molar-refractivity contribution in [3.05, 3.63) is 11.8 Å². The second kappa shape index (κ2) is 8.67. The van der Waals surface area contributed by atoms with E-state index in [1.807, 2.05) is 0 Å². The summed E-state index contributed by atoms with van der Waals surface area (Å²) in [7, 11) is 0. The van der Waals surface area contributed by atoms with Gasteiger partial charge >= 0.3 is 5.97 Å². The van der Waals surface area contributed by atoms with Gasteiger partial charge in [0.25, 0.3) is 0 Å². The molecule has 1 fully saturated rings. The lowest BCUT2D eigenvalue weighted by molar-refractivity contribution is 0.0526. The minimum absolute atomic E-state index is 0.195. The Hall–Kier alpha value is -1.89. The van der Waals surface area contributed by atoms with Gasteiger partial charge in [0, 0.05) is 18.8 Å². The fourth-order valence-corrected chi connectivity index (χ4v) is 2.59. The van der Waals surface area contributed by atoms with Crippen molar-refractivity contribution < 1.29 is 14.6 Å². The predicted molar refractivity (Wildman–Crippen MR) is 88.7 cm³/mol. The van der Waals surface area contributed by atoms with E-state index in [0.29, 0.717) is 23.9 Å². The summed E-state index contributed by atoms with van der Waals surface area (Å²) in [4.78, 5) is 20.7. The van der Waals surface area contributed by atoms with Crippen LogP contribution in [0.15, 0.2) is 6.20 Å². The number of aliphatic hydroxyl groups excluding tert-OH is 1. The third kappa shape index (κ3) is 5.06. The zero-order valence-electron chi connectivity index (χ0n) is 13.8. The van der Waals surface area contributed by atoms with Crippen molar-refractivity contribution in [2.24, 2.45) is 0 Å². The highest BCUT2D eigenvalue weighted by Gasteiger charge is 2.23. The van der Waals surface area contributed by atoms with Crippen molar-refractivity contribution in [2.75, 3.05) is 23.8 Å². The Morgan fingerprint density at radius 3 is 2.74 bits per heavy atom. The van der Waals surface area contributed by atoms with Gasteiger partial charge in [0.1, 0.15) is 11.4 Å². The summed E-state index contributed by atoms with van der Waals surface area (Å²) in [6.45, 7) is 4.91. The summed E-state index contributed by atoms with van der Waals surface area (Å²) in [5, 5.41) is 16.1. The molecule has 0 saturated heterocycles. The minimum Gasteiger partial charge on any atom is -0.462 e. The highest BCUT2D eigenvalue weighted by atomic mass is 16.5. The van der Waals surface area contributed by atoms with Crippen molar-refractivity contribution in [3.8, 4) is 0 Å². The van der Waals surface area contributed by atoms with E-state index < -0.39 is 5.97 Å². The van der Waals surface area contributed by atoms with Gasteiger partial charge in [0.2, 0.25) is 5.95 Å². The molecule has 2 rings (SSSR count). The lowest BCUT2D eigenvalue weighted by atomic mass is 9.93. The van der Waals surface area contributed by atoms with E-state index in [4.69, 9.17) is 4.74 Å². The summed E-state index contributed by atoms with van der Waals surface area (Å²) in [5.74, 6) is 0.574. The van der Waals surface area contributed by atoms with Crippen LogP contribution in [0.3, 0.4) is 0 Å². The number of aliphatic hydroxyl groups is 1. The Balaban J connectivity index is 2.15. The Morgan fingerprint density at radius 1 is 1.35 bits per heavy atom. The molecule has 3 N–H and O–H groups in total. The first-order chi connectivity index (χ1) is 11.1. The van der Waals surface area contributed by atoms with Gasteiger partial charge in [-0.05, 0) is 39.0 Å². The molecule has 0 atom stereocenters. The fraction of sp³-hybridized carbons (Fsp3) is 0.688. The molecule has 0 aliphatic heterocycles. The quantitative estimate of drug-likeness (QED) is 0.662. The summed E-state index contributed by atoms with van der Waals surface area (Å²) >= 11 is 0. The summed E-state index contributed by atoms with van der Waals surface area (Å²) in [6, 6.07) is 0.195. The number of rotatable bonds is 7. The van der Waals surface area contributed by atoms with Gasteiger partial charge < -0.3 is 20.5 Å². The van der Waals surface area contributed by atoms with Crippen LogP contribution in [-0.2, 0) is 4.74 Å². The van der Waals surface area contributed by atoms with Crippen LogP contribution >= 0.6 is 0 Å². The van der Waals surface area contributed by atoms with Crippen molar-refractivity contribution in [1.29, 1.82) is 0 Å². The highest BCUT2D eigenvalue weighted by molar-refractivity contribution is 5.94. The average molecular weight is 322 g/mol. The van der Waals surface area contributed by atoms with Crippen molar-refractivity contribution in [2.45, 2.75) is 58.1 Å². The van der Waals surface area contributed by atoms with Crippen LogP contribution in [0.5, 0.6) is 0 Å². The van der Waals surface area contributed by atoms with Crippen LogP contribution in [0.4, 0.5) is 11.8 Å². The van der Waals surface area contributed by atoms with Crippen molar-refractivity contribution >= 4 is 17.7 Å². The lowest BCUT2D eigenvalue weighted by Gasteiger charge is -2.27. The van der Waals surface area contributed by atoms with Gasteiger partial charge in [-0.25, -0.2) is 9.78 Å². The summed E-state index contributed by atoms with van der Waals surface area (Å²) in [6.07, 6.45) is 5.48. The number of hydrogen-bond donors (Lipinski definition) is 3. The molecule has 0 aromatic carbocycles. The lowest BCUT2D eigenvalue weighted by Crippen LogP contribution is -2.29. The van der Waals surface area contributed by atoms with Gasteiger partial charge in [0.15, 0.2) is 0 Å². The molecule has 0 amide bonds. The number of nitrogens with one attached hydrogen (secondary N) is 2. The van der Waals surface area contributed by atoms with E-state index in [9.17, 15) is 9.90 Å². The van der Waals surface area contributed by atoms with Crippen LogP contribution in [-0.4, -0.2) is 46.3 Å². The molecule has 128 valence electrons. The second-order valence-electron chi connectivity index (χ2n) is 5.75. The molecular formula is C16H26N4O3. The zero-order chi connectivity index (χ0) is 16.7. The van der Waals surface area contributed by atoms with E-state index in [-0.39, 0.29) is 12.1 Å². The zero-order valence-corrected chi connectivity index (χ0v) is 13.8. The maximum Gasteiger partial charge on any atom is 0.343 e. The largest absolute Gasteiger partial charge is 0.462 e.